The third kappa shape index (κ3) is 1.77. The molecule has 1 fully saturated rings. The van der Waals surface area contributed by atoms with E-state index in [2.05, 4.69) is 11.4 Å². The molecule has 1 aliphatic carbocycles. The number of hydrogen-bond acceptors (Lipinski definition) is 2. The Bertz CT molecular complexity index is 266. The SMILES string of the molecule is Nc1ccccc1CNC1CC1. The first kappa shape index (κ1) is 7.62. The third-order valence-corrected chi connectivity index (χ3v) is 2.21. The topological polar surface area (TPSA) is 38.0 Å². The van der Waals surface area contributed by atoms with Crippen molar-refractivity contribution < 1.29 is 0 Å². The molecule has 2 heteroatoms. The van der Waals surface area contributed by atoms with Crippen LogP contribution in [0.3, 0.4) is 0 Å². The zero-order chi connectivity index (χ0) is 8.39. The van der Waals surface area contributed by atoms with Crippen molar-refractivity contribution in [2.45, 2.75) is 25.4 Å². The summed E-state index contributed by atoms with van der Waals surface area (Å²) in [5.41, 5.74) is 7.89. The predicted molar refractivity (Wildman–Crippen MR) is 50.7 cm³/mol. The molecule has 0 aromatic heterocycles. The van der Waals surface area contributed by atoms with Crippen LogP contribution in [0.5, 0.6) is 0 Å². The minimum atomic E-state index is 0.754. The highest BCUT2D eigenvalue weighted by Crippen LogP contribution is 2.20. The van der Waals surface area contributed by atoms with Crippen molar-refractivity contribution in [3.8, 4) is 0 Å². The Kier molecular flexibility index (Phi) is 2.00. The number of anilines is 1. The Labute approximate surface area is 72.8 Å². The summed E-state index contributed by atoms with van der Waals surface area (Å²) in [7, 11) is 0. The first-order valence-corrected chi connectivity index (χ1v) is 4.43. The number of para-hydroxylation sites is 1. The molecule has 12 heavy (non-hydrogen) atoms. The van der Waals surface area contributed by atoms with Crippen LogP contribution in [0.1, 0.15) is 18.4 Å². The third-order valence-electron chi connectivity index (χ3n) is 2.21. The van der Waals surface area contributed by atoms with Crippen LogP contribution < -0.4 is 11.1 Å². The van der Waals surface area contributed by atoms with Crippen LogP contribution in [0.15, 0.2) is 24.3 Å². The summed E-state index contributed by atoms with van der Waals surface area (Å²) in [4.78, 5) is 0. The van der Waals surface area contributed by atoms with Crippen LogP contribution in [-0.4, -0.2) is 6.04 Å². The molecule has 0 aliphatic heterocycles. The van der Waals surface area contributed by atoms with Crippen molar-refractivity contribution in [3.05, 3.63) is 29.8 Å². The molecule has 0 bridgehead atoms. The number of benzene rings is 1. The Morgan fingerprint density at radius 1 is 1.33 bits per heavy atom. The molecule has 1 aromatic rings. The fourth-order valence-corrected chi connectivity index (χ4v) is 1.24. The van der Waals surface area contributed by atoms with Gasteiger partial charge in [0.25, 0.3) is 0 Å². The van der Waals surface area contributed by atoms with E-state index in [4.69, 9.17) is 5.73 Å². The Morgan fingerprint density at radius 2 is 2.08 bits per heavy atom. The second-order valence-corrected chi connectivity index (χ2v) is 3.35. The second-order valence-electron chi connectivity index (χ2n) is 3.35. The van der Waals surface area contributed by atoms with Crippen LogP contribution in [0.2, 0.25) is 0 Å². The van der Waals surface area contributed by atoms with Gasteiger partial charge in [-0.25, -0.2) is 0 Å². The van der Waals surface area contributed by atoms with Gasteiger partial charge in [-0.05, 0) is 24.5 Å². The number of hydrogen-bond donors (Lipinski definition) is 2. The average molecular weight is 162 g/mol. The highest BCUT2D eigenvalue weighted by molar-refractivity contribution is 5.46. The number of nitrogens with one attached hydrogen (secondary N) is 1. The second kappa shape index (κ2) is 3.15. The first-order valence-electron chi connectivity index (χ1n) is 4.43. The Hall–Kier alpha value is -1.02. The number of nitrogen functional groups attached to an aromatic ring is 1. The van der Waals surface area contributed by atoms with Crippen LogP contribution in [-0.2, 0) is 6.54 Å². The largest absolute Gasteiger partial charge is 0.398 e. The molecular formula is C10H14N2. The summed E-state index contributed by atoms with van der Waals surface area (Å²) in [6.07, 6.45) is 2.65. The molecule has 0 saturated heterocycles. The molecule has 0 atom stereocenters. The number of nitrogens with two attached hydrogens (primary N) is 1. The highest BCUT2D eigenvalue weighted by Gasteiger charge is 2.19. The van der Waals surface area contributed by atoms with Crippen LogP contribution in [0.4, 0.5) is 5.69 Å². The summed E-state index contributed by atoms with van der Waals surface area (Å²) >= 11 is 0. The van der Waals surface area contributed by atoms with Gasteiger partial charge in [-0.2, -0.15) is 0 Å². The lowest BCUT2D eigenvalue weighted by molar-refractivity contribution is 0.689. The van der Waals surface area contributed by atoms with Crippen molar-refractivity contribution >= 4 is 5.69 Å². The summed E-state index contributed by atoms with van der Waals surface area (Å²) in [5, 5.41) is 3.43. The molecule has 64 valence electrons. The smallest absolute Gasteiger partial charge is 0.0359 e. The van der Waals surface area contributed by atoms with E-state index in [0.717, 1.165) is 18.3 Å². The van der Waals surface area contributed by atoms with Gasteiger partial charge in [-0.1, -0.05) is 18.2 Å². The van der Waals surface area contributed by atoms with Gasteiger partial charge in [0, 0.05) is 18.3 Å². The molecule has 1 aromatic carbocycles. The minimum absolute atomic E-state index is 0.754. The summed E-state index contributed by atoms with van der Waals surface area (Å²) < 4.78 is 0. The fraction of sp³-hybridized carbons (Fsp3) is 0.400. The summed E-state index contributed by atoms with van der Waals surface area (Å²) in [5.74, 6) is 0. The Morgan fingerprint density at radius 3 is 2.75 bits per heavy atom. The molecule has 0 unspecified atom stereocenters. The summed E-state index contributed by atoms with van der Waals surface area (Å²) in [6, 6.07) is 8.77. The van der Waals surface area contributed by atoms with E-state index in [1.807, 2.05) is 18.2 Å². The van der Waals surface area contributed by atoms with Crippen molar-refractivity contribution in [1.82, 2.24) is 5.32 Å². The van der Waals surface area contributed by atoms with Gasteiger partial charge in [0.15, 0.2) is 0 Å². The minimum Gasteiger partial charge on any atom is -0.398 e. The molecular weight excluding hydrogens is 148 g/mol. The Balaban J connectivity index is 1.96. The van der Waals surface area contributed by atoms with E-state index in [0.29, 0.717) is 0 Å². The van der Waals surface area contributed by atoms with Crippen molar-refractivity contribution in [3.63, 3.8) is 0 Å². The quantitative estimate of drug-likeness (QED) is 0.661. The zero-order valence-corrected chi connectivity index (χ0v) is 7.09. The number of rotatable bonds is 3. The molecule has 0 amide bonds. The van der Waals surface area contributed by atoms with Crippen LogP contribution >= 0.6 is 0 Å². The van der Waals surface area contributed by atoms with E-state index in [1.54, 1.807) is 0 Å². The lowest BCUT2D eigenvalue weighted by Gasteiger charge is -2.05. The van der Waals surface area contributed by atoms with E-state index < -0.39 is 0 Å². The van der Waals surface area contributed by atoms with Crippen molar-refractivity contribution in [1.29, 1.82) is 0 Å². The van der Waals surface area contributed by atoms with Crippen LogP contribution in [0.25, 0.3) is 0 Å². The lowest BCUT2D eigenvalue weighted by Crippen LogP contribution is -2.16. The average Bonchev–Trinajstić information content (AvgIpc) is 2.86. The molecule has 1 saturated carbocycles. The van der Waals surface area contributed by atoms with E-state index in [-0.39, 0.29) is 0 Å². The zero-order valence-electron chi connectivity index (χ0n) is 7.09. The monoisotopic (exact) mass is 162 g/mol. The standard InChI is InChI=1S/C10H14N2/c11-10-4-2-1-3-8(10)7-12-9-5-6-9/h1-4,9,12H,5-7,11H2. The van der Waals surface area contributed by atoms with Gasteiger partial charge >= 0.3 is 0 Å². The van der Waals surface area contributed by atoms with E-state index in [1.165, 1.54) is 18.4 Å². The van der Waals surface area contributed by atoms with Gasteiger partial charge in [-0.3, -0.25) is 0 Å². The van der Waals surface area contributed by atoms with Crippen molar-refractivity contribution in [2.24, 2.45) is 0 Å². The molecule has 2 nitrogen and oxygen atoms in total. The molecule has 3 N–H and O–H groups in total. The normalized spacial score (nSPS) is 16.3. The van der Waals surface area contributed by atoms with Crippen molar-refractivity contribution in [2.75, 3.05) is 5.73 Å². The highest BCUT2D eigenvalue weighted by atomic mass is 14.9. The summed E-state index contributed by atoms with van der Waals surface area (Å²) in [6.45, 7) is 0.914. The maximum atomic E-state index is 5.79. The van der Waals surface area contributed by atoms with E-state index in [9.17, 15) is 0 Å². The van der Waals surface area contributed by atoms with Gasteiger partial charge in [-0.15, -0.1) is 0 Å². The maximum absolute atomic E-state index is 5.79. The van der Waals surface area contributed by atoms with Gasteiger partial charge in [0.05, 0.1) is 0 Å². The van der Waals surface area contributed by atoms with Gasteiger partial charge < -0.3 is 11.1 Å². The predicted octanol–water partition coefficient (Wildman–Crippen LogP) is 1.52. The molecule has 2 rings (SSSR count). The van der Waals surface area contributed by atoms with Crippen LogP contribution in [0, 0.1) is 0 Å². The first-order chi connectivity index (χ1) is 5.86. The fourth-order valence-electron chi connectivity index (χ4n) is 1.24. The van der Waals surface area contributed by atoms with Gasteiger partial charge in [0.2, 0.25) is 0 Å². The van der Waals surface area contributed by atoms with Gasteiger partial charge in [0.1, 0.15) is 0 Å². The molecule has 1 aliphatic rings. The van der Waals surface area contributed by atoms with E-state index >= 15 is 0 Å². The lowest BCUT2D eigenvalue weighted by atomic mass is 10.2. The molecule has 0 heterocycles. The maximum Gasteiger partial charge on any atom is 0.0359 e. The molecule has 0 spiro atoms. The molecule has 0 radical (unpaired) electrons.